The lowest BCUT2D eigenvalue weighted by Crippen LogP contribution is -2.53. The standard InChI is InChI=1S/C22H30N6O7/c1-12(2)10-16(18(30)26-15(20(32)33)8-5-9-24-21(23)34)25-17(29)11-28-19(31)13-6-3-4-7-14(13)27-22(28)35/h3-4,6-7,12,15-16H,5,8-11H2,1-2H3,(H,25,29)(H,26,30)(H,27,35)(H,32,33)(H3,23,24,34). The van der Waals surface area contributed by atoms with Gasteiger partial charge in [0.15, 0.2) is 0 Å². The van der Waals surface area contributed by atoms with Crippen LogP contribution in [0.25, 0.3) is 10.9 Å². The van der Waals surface area contributed by atoms with Gasteiger partial charge in [0.2, 0.25) is 11.8 Å². The van der Waals surface area contributed by atoms with Crippen LogP contribution in [-0.4, -0.2) is 57.1 Å². The number of carboxylic acids is 1. The molecule has 0 aliphatic carbocycles. The van der Waals surface area contributed by atoms with E-state index in [1.807, 2.05) is 13.8 Å². The smallest absolute Gasteiger partial charge is 0.329 e. The van der Waals surface area contributed by atoms with E-state index in [2.05, 4.69) is 20.9 Å². The van der Waals surface area contributed by atoms with Crippen LogP contribution in [0, 0.1) is 5.92 Å². The van der Waals surface area contributed by atoms with Gasteiger partial charge in [0.25, 0.3) is 5.56 Å². The summed E-state index contributed by atoms with van der Waals surface area (Å²) in [6.07, 6.45) is 0.455. The maximum atomic E-state index is 12.8. The summed E-state index contributed by atoms with van der Waals surface area (Å²) in [7, 11) is 0. The summed E-state index contributed by atoms with van der Waals surface area (Å²) >= 11 is 0. The summed E-state index contributed by atoms with van der Waals surface area (Å²) < 4.78 is 0.730. The van der Waals surface area contributed by atoms with Crippen LogP contribution in [0.4, 0.5) is 4.79 Å². The number of aromatic amines is 1. The van der Waals surface area contributed by atoms with Crippen LogP contribution in [-0.2, 0) is 20.9 Å². The van der Waals surface area contributed by atoms with E-state index in [1.54, 1.807) is 18.2 Å². The number of carbonyl (C=O) groups excluding carboxylic acids is 3. The number of nitrogens with two attached hydrogens (primary N) is 1. The maximum absolute atomic E-state index is 12.8. The van der Waals surface area contributed by atoms with Crippen LogP contribution < -0.4 is 32.9 Å². The van der Waals surface area contributed by atoms with E-state index in [0.29, 0.717) is 5.52 Å². The Labute approximate surface area is 200 Å². The van der Waals surface area contributed by atoms with E-state index in [0.717, 1.165) is 4.57 Å². The highest BCUT2D eigenvalue weighted by molar-refractivity contribution is 5.90. The zero-order chi connectivity index (χ0) is 26.1. The molecule has 13 heteroatoms. The van der Waals surface area contributed by atoms with Gasteiger partial charge in [-0.3, -0.25) is 19.0 Å². The number of benzene rings is 1. The molecule has 0 aliphatic rings. The predicted octanol–water partition coefficient (Wildman–Crippen LogP) is -0.761. The van der Waals surface area contributed by atoms with Crippen LogP contribution in [0.1, 0.15) is 33.1 Å². The number of para-hydroxylation sites is 1. The molecule has 0 aliphatic heterocycles. The molecule has 0 fully saturated rings. The van der Waals surface area contributed by atoms with Crippen molar-refractivity contribution >= 4 is 34.7 Å². The number of primary amides is 1. The lowest BCUT2D eigenvalue weighted by molar-refractivity contribution is -0.142. The summed E-state index contributed by atoms with van der Waals surface area (Å²) in [5.74, 6) is -2.80. The molecule has 0 spiro atoms. The number of aliphatic carboxylic acids is 1. The van der Waals surface area contributed by atoms with Gasteiger partial charge in [0, 0.05) is 6.54 Å². The molecule has 2 rings (SSSR count). The molecular weight excluding hydrogens is 460 g/mol. The Hall–Kier alpha value is -4.16. The van der Waals surface area contributed by atoms with Crippen molar-refractivity contribution in [1.29, 1.82) is 0 Å². The number of rotatable bonds is 12. The molecule has 0 radical (unpaired) electrons. The fourth-order valence-corrected chi connectivity index (χ4v) is 3.48. The Balaban J connectivity index is 2.12. The molecule has 1 heterocycles. The monoisotopic (exact) mass is 490 g/mol. The molecule has 0 saturated carbocycles. The highest BCUT2D eigenvalue weighted by Crippen LogP contribution is 2.07. The molecule has 4 amide bonds. The average molecular weight is 491 g/mol. The van der Waals surface area contributed by atoms with Crippen molar-refractivity contribution in [3.05, 3.63) is 45.1 Å². The van der Waals surface area contributed by atoms with Crippen LogP contribution >= 0.6 is 0 Å². The van der Waals surface area contributed by atoms with Gasteiger partial charge in [0.05, 0.1) is 10.9 Å². The third-order valence-electron chi connectivity index (χ3n) is 5.13. The number of urea groups is 1. The molecule has 0 bridgehead atoms. The number of carboxylic acid groups (broad SMARTS) is 1. The molecule has 2 aromatic rings. The minimum Gasteiger partial charge on any atom is -0.480 e. The average Bonchev–Trinajstić information content (AvgIpc) is 2.77. The van der Waals surface area contributed by atoms with E-state index in [9.17, 15) is 33.9 Å². The molecular formula is C22H30N6O7. The zero-order valence-electron chi connectivity index (χ0n) is 19.5. The van der Waals surface area contributed by atoms with Crippen molar-refractivity contribution < 1.29 is 24.3 Å². The Morgan fingerprint density at radius 2 is 1.77 bits per heavy atom. The first-order chi connectivity index (χ1) is 16.5. The van der Waals surface area contributed by atoms with Crippen molar-refractivity contribution in [2.75, 3.05) is 6.54 Å². The lowest BCUT2D eigenvalue weighted by Gasteiger charge is -2.23. The van der Waals surface area contributed by atoms with Gasteiger partial charge in [-0.15, -0.1) is 0 Å². The van der Waals surface area contributed by atoms with Crippen LogP contribution in [0.5, 0.6) is 0 Å². The van der Waals surface area contributed by atoms with Gasteiger partial charge in [-0.05, 0) is 37.3 Å². The van der Waals surface area contributed by atoms with Gasteiger partial charge in [-0.1, -0.05) is 26.0 Å². The van der Waals surface area contributed by atoms with Crippen molar-refractivity contribution in [2.24, 2.45) is 11.7 Å². The number of nitrogens with zero attached hydrogens (tertiary/aromatic N) is 1. The second kappa shape index (κ2) is 12.3. The molecule has 1 aromatic heterocycles. The maximum Gasteiger partial charge on any atom is 0.329 e. The molecule has 2 atom stereocenters. The molecule has 13 nitrogen and oxygen atoms in total. The summed E-state index contributed by atoms with van der Waals surface area (Å²) in [5.41, 5.74) is 3.87. The van der Waals surface area contributed by atoms with Crippen molar-refractivity contribution in [3.63, 3.8) is 0 Å². The Bertz CT molecular complexity index is 1200. The van der Waals surface area contributed by atoms with Crippen LogP contribution in [0.15, 0.2) is 33.9 Å². The van der Waals surface area contributed by atoms with E-state index >= 15 is 0 Å². The number of amides is 4. The summed E-state index contributed by atoms with van der Waals surface area (Å²) in [4.78, 5) is 75.3. The number of carbonyl (C=O) groups is 4. The summed E-state index contributed by atoms with van der Waals surface area (Å²) in [6.45, 7) is 3.14. The first-order valence-corrected chi connectivity index (χ1v) is 11.1. The van der Waals surface area contributed by atoms with Crippen molar-refractivity contribution in [2.45, 2.75) is 51.7 Å². The second-order valence-electron chi connectivity index (χ2n) is 8.45. The number of aromatic nitrogens is 2. The largest absolute Gasteiger partial charge is 0.480 e. The zero-order valence-corrected chi connectivity index (χ0v) is 19.5. The number of hydrogen-bond donors (Lipinski definition) is 6. The van der Waals surface area contributed by atoms with Gasteiger partial charge in [-0.2, -0.15) is 0 Å². The van der Waals surface area contributed by atoms with Crippen LogP contribution in [0.3, 0.4) is 0 Å². The summed E-state index contributed by atoms with van der Waals surface area (Å²) in [5, 5.41) is 16.9. The predicted molar refractivity (Wildman–Crippen MR) is 127 cm³/mol. The van der Waals surface area contributed by atoms with E-state index in [1.165, 1.54) is 6.07 Å². The quantitative estimate of drug-likeness (QED) is 0.209. The molecule has 190 valence electrons. The normalized spacial score (nSPS) is 12.7. The van der Waals surface area contributed by atoms with Gasteiger partial charge in [0.1, 0.15) is 18.6 Å². The van der Waals surface area contributed by atoms with Crippen molar-refractivity contribution in [3.8, 4) is 0 Å². The topological polar surface area (TPSA) is 205 Å². The number of H-pyrrole nitrogens is 1. The first kappa shape index (κ1) is 27.1. The van der Waals surface area contributed by atoms with E-state index in [-0.39, 0.29) is 37.1 Å². The third kappa shape index (κ3) is 7.98. The Morgan fingerprint density at radius 1 is 1.09 bits per heavy atom. The number of hydrogen-bond acceptors (Lipinski definition) is 6. The van der Waals surface area contributed by atoms with Crippen LogP contribution in [0.2, 0.25) is 0 Å². The van der Waals surface area contributed by atoms with Gasteiger partial charge in [-0.25, -0.2) is 14.4 Å². The fraction of sp³-hybridized carbons (Fsp3) is 0.455. The third-order valence-corrected chi connectivity index (χ3v) is 5.13. The van der Waals surface area contributed by atoms with Gasteiger partial charge < -0.3 is 31.8 Å². The van der Waals surface area contributed by atoms with Crippen molar-refractivity contribution in [1.82, 2.24) is 25.5 Å². The van der Waals surface area contributed by atoms with E-state index < -0.39 is 53.7 Å². The Morgan fingerprint density at radius 3 is 2.40 bits per heavy atom. The minimum atomic E-state index is -1.28. The molecule has 35 heavy (non-hydrogen) atoms. The molecule has 0 saturated heterocycles. The first-order valence-electron chi connectivity index (χ1n) is 11.1. The Kier molecular flexibility index (Phi) is 9.55. The van der Waals surface area contributed by atoms with E-state index in [4.69, 9.17) is 5.73 Å². The fourth-order valence-electron chi connectivity index (χ4n) is 3.48. The molecule has 7 N–H and O–H groups in total. The summed E-state index contributed by atoms with van der Waals surface area (Å²) in [6, 6.07) is 3.26. The highest BCUT2D eigenvalue weighted by Gasteiger charge is 2.27. The number of fused-ring (bicyclic) bond motifs is 1. The minimum absolute atomic E-state index is 0.0194. The van der Waals surface area contributed by atoms with Gasteiger partial charge >= 0.3 is 17.7 Å². The highest BCUT2D eigenvalue weighted by atomic mass is 16.4. The molecule has 2 unspecified atom stereocenters. The lowest BCUT2D eigenvalue weighted by atomic mass is 10.0. The SMILES string of the molecule is CC(C)CC(NC(=O)Cn1c(=O)[nH]c2ccccc2c1=O)C(=O)NC(CCCNC(N)=O)C(=O)O. The molecule has 1 aromatic carbocycles. The number of nitrogens with one attached hydrogen (secondary N) is 4. The second-order valence-corrected chi connectivity index (χ2v) is 8.45.